The molecule has 4 aromatic carbocycles. The van der Waals surface area contributed by atoms with Crippen molar-refractivity contribution < 1.29 is 0 Å². The maximum Gasteiger partial charge on any atom is 0.145 e. The molecule has 0 saturated heterocycles. The molecule has 0 spiro atoms. The Bertz CT molecular complexity index is 2800. The van der Waals surface area contributed by atoms with Gasteiger partial charge in [-0.05, 0) is 84.4 Å². The van der Waals surface area contributed by atoms with Crippen LogP contribution in [0.1, 0.15) is 0 Å². The summed E-state index contributed by atoms with van der Waals surface area (Å²) >= 11 is 0. The number of hydrogen-bond acceptors (Lipinski definition) is 4. The first-order valence-corrected chi connectivity index (χ1v) is 16.6. The molecule has 0 bridgehead atoms. The second kappa shape index (κ2) is 11.4. The standard InChI is InChI=1S/C44H28N6/c1-2-12-31(13-3-1)50-42-19-7-5-15-34(42)36-25-30(28-47-44(36)50)29-20-21-43-35(24-29)33-14-4-6-18-41(33)49(43)32-26-39(37-16-8-10-22-45-37)48-40(27-32)38-17-9-11-23-46-38/h1-28H. The number of nitrogens with zero attached hydrogens (tertiary/aromatic N) is 6. The molecule has 0 radical (unpaired) electrons. The Balaban J connectivity index is 1.17. The minimum absolute atomic E-state index is 0.792. The van der Waals surface area contributed by atoms with Gasteiger partial charge in [0.15, 0.2) is 0 Å². The summed E-state index contributed by atoms with van der Waals surface area (Å²) < 4.78 is 4.57. The van der Waals surface area contributed by atoms with Gasteiger partial charge in [-0.3, -0.25) is 14.5 Å². The number of benzene rings is 4. The van der Waals surface area contributed by atoms with Crippen LogP contribution in [0.3, 0.4) is 0 Å². The maximum absolute atomic E-state index is 5.08. The quantitative estimate of drug-likeness (QED) is 0.188. The number of para-hydroxylation sites is 3. The highest BCUT2D eigenvalue weighted by molar-refractivity contribution is 6.12. The van der Waals surface area contributed by atoms with E-state index in [1.807, 2.05) is 48.7 Å². The number of hydrogen-bond donors (Lipinski definition) is 0. The van der Waals surface area contributed by atoms with Gasteiger partial charge in [-0.1, -0.05) is 72.8 Å². The number of pyridine rings is 4. The van der Waals surface area contributed by atoms with Gasteiger partial charge >= 0.3 is 0 Å². The zero-order chi connectivity index (χ0) is 33.0. The van der Waals surface area contributed by atoms with Crippen LogP contribution in [-0.4, -0.2) is 29.1 Å². The van der Waals surface area contributed by atoms with Gasteiger partial charge in [-0.2, -0.15) is 0 Å². The minimum atomic E-state index is 0.792. The molecule has 234 valence electrons. The molecule has 0 fully saturated rings. The summed E-state index contributed by atoms with van der Waals surface area (Å²) in [6.07, 6.45) is 5.61. The van der Waals surface area contributed by atoms with Crippen LogP contribution in [0.25, 0.3) is 89.0 Å². The van der Waals surface area contributed by atoms with Crippen LogP contribution < -0.4 is 0 Å². The van der Waals surface area contributed by atoms with E-state index in [1.165, 1.54) is 16.2 Å². The van der Waals surface area contributed by atoms with E-state index in [2.05, 4.69) is 128 Å². The van der Waals surface area contributed by atoms with Crippen molar-refractivity contribution in [2.75, 3.05) is 0 Å². The van der Waals surface area contributed by atoms with E-state index in [4.69, 9.17) is 9.97 Å². The monoisotopic (exact) mass is 640 g/mol. The third-order valence-corrected chi connectivity index (χ3v) is 9.46. The number of fused-ring (bicyclic) bond motifs is 6. The highest BCUT2D eigenvalue weighted by Crippen LogP contribution is 2.38. The van der Waals surface area contributed by atoms with Gasteiger partial charge in [0, 0.05) is 51.4 Å². The van der Waals surface area contributed by atoms with Gasteiger partial charge < -0.3 is 4.57 Å². The Kier molecular flexibility index (Phi) is 6.39. The fraction of sp³-hybridized carbons (Fsp3) is 0. The van der Waals surface area contributed by atoms with Gasteiger partial charge in [0.25, 0.3) is 0 Å². The molecular formula is C44H28N6. The van der Waals surface area contributed by atoms with E-state index < -0.39 is 0 Å². The second-order valence-corrected chi connectivity index (χ2v) is 12.4. The lowest BCUT2D eigenvalue weighted by atomic mass is 10.0. The molecule has 6 nitrogen and oxygen atoms in total. The van der Waals surface area contributed by atoms with Crippen molar-refractivity contribution in [3.63, 3.8) is 0 Å². The van der Waals surface area contributed by atoms with Crippen molar-refractivity contribution in [3.8, 4) is 45.3 Å². The largest absolute Gasteiger partial charge is 0.309 e. The van der Waals surface area contributed by atoms with Crippen LogP contribution in [0.4, 0.5) is 0 Å². The molecule has 0 saturated carbocycles. The Hall–Kier alpha value is -6.92. The molecule has 0 atom stereocenters. The molecular weight excluding hydrogens is 613 g/mol. The predicted molar refractivity (Wildman–Crippen MR) is 203 cm³/mol. The zero-order valence-corrected chi connectivity index (χ0v) is 26.8. The second-order valence-electron chi connectivity index (χ2n) is 12.4. The molecule has 0 unspecified atom stereocenters. The summed E-state index contributed by atoms with van der Waals surface area (Å²) in [6.45, 7) is 0. The van der Waals surface area contributed by atoms with E-state index in [-0.39, 0.29) is 0 Å². The smallest absolute Gasteiger partial charge is 0.145 e. The Morgan fingerprint density at radius 3 is 1.62 bits per heavy atom. The topological polar surface area (TPSA) is 61.4 Å². The van der Waals surface area contributed by atoms with Crippen LogP contribution in [0, 0.1) is 0 Å². The highest BCUT2D eigenvalue weighted by atomic mass is 15.0. The molecule has 0 amide bonds. The van der Waals surface area contributed by atoms with Crippen molar-refractivity contribution >= 4 is 43.7 Å². The predicted octanol–water partition coefficient (Wildman–Crippen LogP) is 10.5. The third kappa shape index (κ3) is 4.50. The zero-order valence-electron chi connectivity index (χ0n) is 26.8. The van der Waals surface area contributed by atoms with Crippen molar-refractivity contribution in [2.24, 2.45) is 0 Å². The summed E-state index contributed by atoms with van der Waals surface area (Å²) in [5.41, 5.74) is 11.8. The number of aromatic nitrogens is 6. The van der Waals surface area contributed by atoms with Gasteiger partial charge in [-0.15, -0.1) is 0 Å². The van der Waals surface area contributed by atoms with Crippen molar-refractivity contribution in [1.29, 1.82) is 0 Å². The van der Waals surface area contributed by atoms with E-state index >= 15 is 0 Å². The summed E-state index contributed by atoms with van der Waals surface area (Å²) in [5.74, 6) is 0. The average molecular weight is 641 g/mol. The molecule has 6 heteroatoms. The minimum Gasteiger partial charge on any atom is -0.309 e. The van der Waals surface area contributed by atoms with Crippen molar-refractivity contribution in [1.82, 2.24) is 29.1 Å². The highest BCUT2D eigenvalue weighted by Gasteiger charge is 2.18. The molecule has 50 heavy (non-hydrogen) atoms. The van der Waals surface area contributed by atoms with Crippen molar-refractivity contribution in [2.45, 2.75) is 0 Å². The SMILES string of the molecule is c1ccc(-n2c3ccccc3c3cc(-c4ccc5c(c4)c4ccccc4n5-c4cc(-c5ccccn5)nc(-c5ccccn5)c4)cnc32)cc1. The van der Waals surface area contributed by atoms with E-state index in [1.54, 1.807) is 12.4 Å². The van der Waals surface area contributed by atoms with Crippen LogP contribution in [0.5, 0.6) is 0 Å². The van der Waals surface area contributed by atoms with Crippen molar-refractivity contribution in [3.05, 3.63) is 170 Å². The van der Waals surface area contributed by atoms with Crippen LogP contribution >= 0.6 is 0 Å². The van der Waals surface area contributed by atoms with E-state index in [0.29, 0.717) is 0 Å². The van der Waals surface area contributed by atoms with Crippen LogP contribution in [-0.2, 0) is 0 Å². The maximum atomic E-state index is 5.08. The summed E-state index contributed by atoms with van der Waals surface area (Å²) in [7, 11) is 0. The fourth-order valence-corrected chi connectivity index (χ4v) is 7.21. The summed E-state index contributed by atoms with van der Waals surface area (Å²) in [4.78, 5) is 19.4. The summed E-state index contributed by atoms with van der Waals surface area (Å²) in [6, 6.07) is 52.7. The normalized spacial score (nSPS) is 11.6. The lowest BCUT2D eigenvalue weighted by Gasteiger charge is -2.12. The lowest BCUT2D eigenvalue weighted by molar-refractivity contribution is 1.14. The van der Waals surface area contributed by atoms with E-state index in [0.717, 1.165) is 72.9 Å². The first kappa shape index (κ1) is 28.1. The number of rotatable bonds is 5. The molecule has 10 aromatic rings. The van der Waals surface area contributed by atoms with Crippen LogP contribution in [0.15, 0.2) is 170 Å². The van der Waals surface area contributed by atoms with Gasteiger partial charge in [0.05, 0.1) is 45.0 Å². The molecule has 6 aromatic heterocycles. The Labute approximate surface area is 287 Å². The Morgan fingerprint density at radius 1 is 0.360 bits per heavy atom. The summed E-state index contributed by atoms with van der Waals surface area (Å²) in [5, 5.41) is 4.66. The van der Waals surface area contributed by atoms with E-state index in [9.17, 15) is 0 Å². The molecule has 6 heterocycles. The molecule has 10 rings (SSSR count). The first-order chi connectivity index (χ1) is 24.8. The molecule has 0 aliphatic heterocycles. The molecule has 0 aliphatic rings. The van der Waals surface area contributed by atoms with Gasteiger partial charge in [-0.25, -0.2) is 9.97 Å². The van der Waals surface area contributed by atoms with Gasteiger partial charge in [0.1, 0.15) is 5.65 Å². The third-order valence-electron chi connectivity index (χ3n) is 9.46. The fourth-order valence-electron chi connectivity index (χ4n) is 7.21. The van der Waals surface area contributed by atoms with Gasteiger partial charge in [0.2, 0.25) is 0 Å². The molecule has 0 aliphatic carbocycles. The van der Waals surface area contributed by atoms with Crippen LogP contribution in [0.2, 0.25) is 0 Å². The first-order valence-electron chi connectivity index (χ1n) is 16.6. The Morgan fingerprint density at radius 2 is 0.940 bits per heavy atom. The molecule has 0 N–H and O–H groups in total. The lowest BCUT2D eigenvalue weighted by Crippen LogP contribution is -1.99. The average Bonchev–Trinajstić information content (AvgIpc) is 3.71.